The van der Waals surface area contributed by atoms with Crippen LogP contribution in [0, 0.1) is 0 Å². The van der Waals surface area contributed by atoms with Crippen LogP contribution < -0.4 is 0 Å². The normalized spacial score (nSPS) is 10.8. The second kappa shape index (κ2) is 3.57. The van der Waals surface area contributed by atoms with E-state index in [1.54, 1.807) is 6.20 Å². The van der Waals surface area contributed by atoms with Gasteiger partial charge in [-0.1, -0.05) is 24.3 Å². The Morgan fingerprint density at radius 2 is 2.00 bits per heavy atom. The van der Waals surface area contributed by atoms with Crippen molar-refractivity contribution in [2.45, 2.75) is 0 Å². The van der Waals surface area contributed by atoms with Crippen LogP contribution in [0.1, 0.15) is 0 Å². The van der Waals surface area contributed by atoms with E-state index >= 15 is 0 Å². The van der Waals surface area contributed by atoms with E-state index < -0.39 is 0 Å². The molecule has 0 N–H and O–H groups in total. The molecular formula is C11H6ClN3O. The first-order valence-electron chi connectivity index (χ1n) is 4.68. The molecule has 3 rings (SSSR count). The number of benzene rings is 1. The number of rotatable bonds is 1. The zero-order chi connectivity index (χ0) is 11.0. The fourth-order valence-electron chi connectivity index (χ4n) is 1.63. The quantitative estimate of drug-likeness (QED) is 0.646. The van der Waals surface area contributed by atoms with Gasteiger partial charge in [-0.15, -0.1) is 5.10 Å². The lowest BCUT2D eigenvalue weighted by Gasteiger charge is -2.01. The summed E-state index contributed by atoms with van der Waals surface area (Å²) in [7, 11) is 0. The predicted molar refractivity (Wildman–Crippen MR) is 60.0 cm³/mol. The number of para-hydroxylation sites is 1. The number of aromatic nitrogens is 3. The molecular weight excluding hydrogens is 226 g/mol. The molecule has 16 heavy (non-hydrogen) atoms. The molecule has 0 aliphatic rings. The topological polar surface area (TPSA) is 51.8 Å². The van der Waals surface area contributed by atoms with Crippen molar-refractivity contribution in [1.29, 1.82) is 0 Å². The molecule has 78 valence electrons. The highest BCUT2D eigenvalue weighted by Crippen LogP contribution is 2.29. The van der Waals surface area contributed by atoms with Gasteiger partial charge in [-0.05, 0) is 17.7 Å². The van der Waals surface area contributed by atoms with Gasteiger partial charge in [0.25, 0.3) is 5.22 Å². The van der Waals surface area contributed by atoms with Gasteiger partial charge in [0.2, 0.25) is 0 Å². The summed E-state index contributed by atoms with van der Waals surface area (Å²) in [5.74, 6) is 0. The zero-order valence-electron chi connectivity index (χ0n) is 8.09. The molecule has 2 aromatic heterocycles. The van der Waals surface area contributed by atoms with E-state index in [1.807, 2.05) is 30.3 Å². The van der Waals surface area contributed by atoms with E-state index in [0.717, 1.165) is 16.5 Å². The van der Waals surface area contributed by atoms with Crippen molar-refractivity contribution in [3.05, 3.63) is 41.7 Å². The van der Waals surface area contributed by atoms with Gasteiger partial charge in [-0.2, -0.15) is 0 Å². The molecule has 0 bridgehead atoms. The summed E-state index contributed by atoms with van der Waals surface area (Å²) in [6, 6.07) is 9.65. The number of nitrogens with zero attached hydrogens (tertiary/aromatic N) is 3. The molecule has 0 spiro atoms. The SMILES string of the molecule is Clc1onnc1-c1cccc2cccnc12. The molecule has 0 radical (unpaired) electrons. The Balaban J connectivity index is 2.36. The van der Waals surface area contributed by atoms with Crippen LogP contribution in [-0.4, -0.2) is 15.4 Å². The van der Waals surface area contributed by atoms with E-state index in [0.29, 0.717) is 5.69 Å². The maximum atomic E-state index is 5.86. The first kappa shape index (κ1) is 9.30. The van der Waals surface area contributed by atoms with E-state index in [9.17, 15) is 0 Å². The van der Waals surface area contributed by atoms with Gasteiger partial charge in [0, 0.05) is 22.4 Å². The average molecular weight is 232 g/mol. The summed E-state index contributed by atoms with van der Waals surface area (Å²) < 4.78 is 4.74. The van der Waals surface area contributed by atoms with Crippen molar-refractivity contribution in [3.8, 4) is 11.3 Å². The summed E-state index contributed by atoms with van der Waals surface area (Å²) in [6.07, 6.45) is 1.73. The molecule has 4 nitrogen and oxygen atoms in total. The smallest absolute Gasteiger partial charge is 0.254 e. The van der Waals surface area contributed by atoms with E-state index in [-0.39, 0.29) is 5.22 Å². The van der Waals surface area contributed by atoms with Gasteiger partial charge >= 0.3 is 0 Å². The Bertz CT molecular complexity index is 645. The third-order valence-electron chi connectivity index (χ3n) is 2.34. The molecule has 0 saturated carbocycles. The lowest BCUT2D eigenvalue weighted by atomic mass is 10.1. The van der Waals surface area contributed by atoms with Crippen LogP contribution in [0.4, 0.5) is 0 Å². The minimum absolute atomic E-state index is 0.179. The van der Waals surface area contributed by atoms with Crippen LogP contribution in [0.15, 0.2) is 41.1 Å². The number of hydrogen-bond acceptors (Lipinski definition) is 4. The van der Waals surface area contributed by atoms with Crippen LogP contribution in [-0.2, 0) is 0 Å². The summed E-state index contributed by atoms with van der Waals surface area (Å²) in [5.41, 5.74) is 2.18. The first-order chi connectivity index (χ1) is 7.86. The predicted octanol–water partition coefficient (Wildman–Crippen LogP) is 2.94. The van der Waals surface area contributed by atoms with Crippen molar-refractivity contribution in [1.82, 2.24) is 15.4 Å². The molecule has 0 saturated heterocycles. The minimum atomic E-state index is 0.179. The van der Waals surface area contributed by atoms with Crippen LogP contribution in [0.3, 0.4) is 0 Å². The monoisotopic (exact) mass is 231 g/mol. The van der Waals surface area contributed by atoms with Gasteiger partial charge in [0.05, 0.1) is 5.52 Å². The molecule has 0 atom stereocenters. The summed E-state index contributed by atoms with van der Waals surface area (Å²) in [6.45, 7) is 0. The highest BCUT2D eigenvalue weighted by atomic mass is 35.5. The molecule has 0 aliphatic heterocycles. The molecule has 0 unspecified atom stereocenters. The van der Waals surface area contributed by atoms with Crippen molar-refractivity contribution in [2.75, 3.05) is 0 Å². The van der Waals surface area contributed by atoms with Crippen molar-refractivity contribution < 1.29 is 4.52 Å². The fourth-order valence-corrected chi connectivity index (χ4v) is 1.81. The molecule has 0 aliphatic carbocycles. The van der Waals surface area contributed by atoms with Crippen LogP contribution in [0.5, 0.6) is 0 Å². The van der Waals surface area contributed by atoms with Crippen LogP contribution >= 0.6 is 11.6 Å². The Morgan fingerprint density at radius 3 is 2.81 bits per heavy atom. The third kappa shape index (κ3) is 1.35. The zero-order valence-corrected chi connectivity index (χ0v) is 8.85. The highest BCUT2D eigenvalue weighted by Gasteiger charge is 2.13. The van der Waals surface area contributed by atoms with E-state index in [4.69, 9.17) is 16.1 Å². The Morgan fingerprint density at radius 1 is 1.12 bits per heavy atom. The number of hydrogen-bond donors (Lipinski definition) is 0. The lowest BCUT2D eigenvalue weighted by Crippen LogP contribution is -1.85. The number of fused-ring (bicyclic) bond motifs is 1. The van der Waals surface area contributed by atoms with Gasteiger partial charge < -0.3 is 4.52 Å². The van der Waals surface area contributed by atoms with Crippen LogP contribution in [0.25, 0.3) is 22.2 Å². The molecule has 0 amide bonds. The first-order valence-corrected chi connectivity index (χ1v) is 5.06. The van der Waals surface area contributed by atoms with E-state index in [2.05, 4.69) is 15.4 Å². The Labute approximate surface area is 95.8 Å². The fraction of sp³-hybridized carbons (Fsp3) is 0. The number of pyridine rings is 1. The second-order valence-corrected chi connectivity index (χ2v) is 3.62. The molecule has 1 aromatic carbocycles. The summed E-state index contributed by atoms with van der Waals surface area (Å²) in [5, 5.41) is 8.47. The van der Waals surface area contributed by atoms with Gasteiger partial charge in [0.15, 0.2) is 5.69 Å². The molecule has 3 aromatic rings. The van der Waals surface area contributed by atoms with Gasteiger partial charge in [-0.25, -0.2) is 0 Å². The number of halogens is 1. The van der Waals surface area contributed by atoms with Crippen LogP contribution in [0.2, 0.25) is 5.22 Å². The largest absolute Gasteiger partial charge is 0.324 e. The molecule has 5 heteroatoms. The third-order valence-corrected chi connectivity index (χ3v) is 2.58. The molecule has 0 fully saturated rings. The Kier molecular flexibility index (Phi) is 2.08. The van der Waals surface area contributed by atoms with Gasteiger partial charge in [-0.3, -0.25) is 4.98 Å². The average Bonchev–Trinajstić information content (AvgIpc) is 2.75. The maximum Gasteiger partial charge on any atom is 0.254 e. The second-order valence-electron chi connectivity index (χ2n) is 3.28. The van der Waals surface area contributed by atoms with Crippen molar-refractivity contribution in [2.24, 2.45) is 0 Å². The summed E-state index contributed by atoms with van der Waals surface area (Å²) in [4.78, 5) is 4.31. The molecule has 2 heterocycles. The Hall–Kier alpha value is -1.94. The standard InChI is InChI=1S/C11H6ClN3O/c12-11-10(14-15-16-11)8-5-1-3-7-4-2-6-13-9(7)8/h1-6H. The summed E-state index contributed by atoms with van der Waals surface area (Å²) >= 11 is 5.86. The highest BCUT2D eigenvalue weighted by molar-refractivity contribution is 6.31. The maximum absolute atomic E-state index is 5.86. The van der Waals surface area contributed by atoms with Crippen molar-refractivity contribution >= 4 is 22.5 Å². The van der Waals surface area contributed by atoms with Crippen molar-refractivity contribution in [3.63, 3.8) is 0 Å². The minimum Gasteiger partial charge on any atom is -0.324 e. The lowest BCUT2D eigenvalue weighted by molar-refractivity contribution is 0.394. The van der Waals surface area contributed by atoms with Gasteiger partial charge in [0.1, 0.15) is 0 Å². The van der Waals surface area contributed by atoms with E-state index in [1.165, 1.54) is 0 Å².